The summed E-state index contributed by atoms with van der Waals surface area (Å²) in [7, 11) is 1.00. The van der Waals surface area contributed by atoms with Crippen LogP contribution in [0.25, 0.3) is 11.1 Å². The number of benzene rings is 2. The number of aldehydes is 1. The van der Waals surface area contributed by atoms with Crippen LogP contribution in [0.4, 0.5) is 4.79 Å². The number of nitrogens with one attached hydrogen (secondary N) is 1. The molecule has 0 spiro atoms. The second kappa shape index (κ2) is 17.2. The number of carbonyl (C=O) groups excluding carboxylic acids is 1. The van der Waals surface area contributed by atoms with E-state index in [4.69, 9.17) is 15.3 Å². The normalized spacial score (nSPS) is 21.5. The fourth-order valence-electron chi connectivity index (χ4n) is 5.69. The molecule has 0 saturated heterocycles. The van der Waals surface area contributed by atoms with Crippen LogP contribution in [0.5, 0.6) is 0 Å². The number of carboxylic acid groups (broad SMARTS) is 2. The van der Waals surface area contributed by atoms with Gasteiger partial charge in [-0.25, -0.2) is 4.79 Å². The molecule has 3 aliphatic rings. The molecule has 5 atom stereocenters. The van der Waals surface area contributed by atoms with Gasteiger partial charge in [-0.05, 0) is 59.8 Å². The highest BCUT2D eigenvalue weighted by Gasteiger charge is 2.42. The molecule has 2 aromatic rings. The van der Waals surface area contributed by atoms with E-state index in [1.807, 2.05) is 13.8 Å². The van der Waals surface area contributed by atoms with Crippen molar-refractivity contribution in [3.8, 4) is 11.1 Å². The zero-order valence-electron chi connectivity index (χ0n) is 24.0. The van der Waals surface area contributed by atoms with E-state index in [9.17, 15) is 14.4 Å². The first-order valence-electron chi connectivity index (χ1n) is 13.8. The van der Waals surface area contributed by atoms with Crippen LogP contribution in [0.2, 0.25) is 0 Å². The van der Waals surface area contributed by atoms with Gasteiger partial charge in [0.15, 0.2) is 0 Å². The van der Waals surface area contributed by atoms with E-state index >= 15 is 0 Å². The van der Waals surface area contributed by atoms with Crippen LogP contribution in [-0.4, -0.2) is 46.8 Å². The Bertz CT molecular complexity index is 1040. The number of carbonyl (C=O) groups is 3. The minimum Gasteiger partial charge on any atom is -0.480 e. The Morgan fingerprint density at radius 3 is 1.74 bits per heavy atom. The monoisotopic (exact) mass is 539 g/mol. The fourth-order valence-corrected chi connectivity index (χ4v) is 5.69. The SMILES string of the molecule is CC.CCC1c2ccccc2-c2ccccc21.CC[C@@H]1C2C=C[C@H](C2)[C@@H]1C=O.CO.C[C@H](NC(=O)O)C(=O)O. The molecule has 214 valence electrons. The average molecular weight is 540 g/mol. The second-order valence-corrected chi connectivity index (χ2v) is 9.38. The maximum absolute atomic E-state index is 10.7. The first-order valence-corrected chi connectivity index (χ1v) is 13.8. The molecule has 4 N–H and O–H groups in total. The number of rotatable bonds is 5. The summed E-state index contributed by atoms with van der Waals surface area (Å²) in [5, 5.41) is 24.8. The van der Waals surface area contributed by atoms with Gasteiger partial charge in [0.2, 0.25) is 0 Å². The lowest BCUT2D eigenvalue weighted by molar-refractivity contribution is -0.138. The van der Waals surface area contributed by atoms with Crippen LogP contribution in [0.15, 0.2) is 60.7 Å². The van der Waals surface area contributed by atoms with E-state index in [1.54, 1.807) is 5.32 Å². The minimum absolute atomic E-state index is 0.343. The number of amides is 1. The van der Waals surface area contributed by atoms with Crippen LogP contribution in [-0.2, 0) is 9.59 Å². The van der Waals surface area contributed by atoms with Crippen molar-refractivity contribution in [3.63, 3.8) is 0 Å². The lowest BCUT2D eigenvalue weighted by atomic mass is 9.82. The first kappa shape index (κ1) is 33.6. The molecule has 1 saturated carbocycles. The van der Waals surface area contributed by atoms with Gasteiger partial charge >= 0.3 is 12.1 Å². The smallest absolute Gasteiger partial charge is 0.405 e. The summed E-state index contributed by atoms with van der Waals surface area (Å²) in [6.45, 7) is 9.70. The number of aliphatic carboxylic acids is 1. The summed E-state index contributed by atoms with van der Waals surface area (Å²) in [6.07, 6.45) is 7.96. The molecule has 0 aromatic heterocycles. The fraction of sp³-hybridized carbons (Fsp3) is 0.469. The molecule has 2 bridgehead atoms. The Morgan fingerprint density at radius 2 is 1.38 bits per heavy atom. The molecule has 7 heteroatoms. The summed E-state index contributed by atoms with van der Waals surface area (Å²) < 4.78 is 0. The maximum Gasteiger partial charge on any atom is 0.405 e. The quantitative estimate of drug-likeness (QED) is 0.251. The maximum atomic E-state index is 10.7. The van der Waals surface area contributed by atoms with Crippen molar-refractivity contribution in [3.05, 3.63) is 71.8 Å². The van der Waals surface area contributed by atoms with Crippen LogP contribution in [0.1, 0.15) is 70.9 Å². The van der Waals surface area contributed by atoms with Gasteiger partial charge in [0.1, 0.15) is 12.3 Å². The van der Waals surface area contributed by atoms with Crippen LogP contribution >= 0.6 is 0 Å². The number of hydrogen-bond acceptors (Lipinski definition) is 4. The van der Waals surface area contributed by atoms with Crippen LogP contribution < -0.4 is 5.32 Å². The Morgan fingerprint density at radius 1 is 0.897 bits per heavy atom. The summed E-state index contributed by atoms with van der Waals surface area (Å²) in [5.41, 5.74) is 5.86. The topological polar surface area (TPSA) is 124 Å². The first-order chi connectivity index (χ1) is 18.8. The van der Waals surface area contributed by atoms with E-state index in [1.165, 1.54) is 48.3 Å². The minimum atomic E-state index is -1.33. The van der Waals surface area contributed by atoms with E-state index in [0.29, 0.717) is 23.7 Å². The van der Waals surface area contributed by atoms with Gasteiger partial charge in [-0.2, -0.15) is 0 Å². The zero-order valence-corrected chi connectivity index (χ0v) is 24.0. The number of fused-ring (bicyclic) bond motifs is 5. The zero-order chi connectivity index (χ0) is 29.5. The molecule has 0 radical (unpaired) electrons. The molecule has 0 heterocycles. The van der Waals surface area contributed by atoms with Crippen molar-refractivity contribution in [2.45, 2.75) is 65.8 Å². The lowest BCUT2D eigenvalue weighted by Gasteiger charge is -2.21. The van der Waals surface area contributed by atoms with Gasteiger partial charge in [0, 0.05) is 18.9 Å². The Labute approximate surface area is 233 Å². The number of hydrogen-bond donors (Lipinski definition) is 4. The van der Waals surface area contributed by atoms with Gasteiger partial charge in [-0.15, -0.1) is 0 Å². The molecule has 5 rings (SSSR count). The molecule has 1 fully saturated rings. The number of carboxylic acids is 1. The Balaban J connectivity index is 0.000000284. The van der Waals surface area contributed by atoms with Crippen molar-refractivity contribution >= 4 is 18.3 Å². The number of aliphatic hydroxyl groups is 1. The van der Waals surface area contributed by atoms with Crippen molar-refractivity contribution in [2.24, 2.45) is 23.7 Å². The standard InChI is InChI=1S/C15H14.C10H14O.C4H7NO4.C2H6.CH4O/c1-2-11-12-7-3-5-9-14(12)15-10-6-4-8-13(11)15;1-2-9-7-3-4-8(5-7)10(9)6-11;1-2(3(6)7)5-4(8)9;2*1-2/h3-11H,2H2,1H3;3-4,6-10H,2,5H2,1H3;2,5H,1H3,(H,6,7)(H,8,9);1-2H3;2H,1H3/t;7?,8-,9-,10+;2-;;/m.10../s1. The molecule has 1 unspecified atom stereocenters. The van der Waals surface area contributed by atoms with Crippen molar-refractivity contribution in [2.75, 3.05) is 7.11 Å². The second-order valence-electron chi connectivity index (χ2n) is 9.38. The predicted octanol–water partition coefficient (Wildman–Crippen LogP) is 6.60. The van der Waals surface area contributed by atoms with E-state index in [0.717, 1.165) is 19.4 Å². The molecule has 1 amide bonds. The molecule has 3 aliphatic carbocycles. The van der Waals surface area contributed by atoms with Gasteiger partial charge < -0.3 is 25.4 Å². The van der Waals surface area contributed by atoms with Crippen LogP contribution in [0.3, 0.4) is 0 Å². The predicted molar refractivity (Wildman–Crippen MR) is 156 cm³/mol. The number of aliphatic hydroxyl groups excluding tert-OH is 1. The van der Waals surface area contributed by atoms with Gasteiger partial charge in [-0.3, -0.25) is 4.79 Å². The van der Waals surface area contributed by atoms with Crippen molar-refractivity contribution < 1.29 is 29.7 Å². The van der Waals surface area contributed by atoms with Gasteiger partial charge in [0.25, 0.3) is 0 Å². The molecular weight excluding hydrogens is 494 g/mol. The average Bonchev–Trinajstić information content (AvgIpc) is 3.67. The molecule has 39 heavy (non-hydrogen) atoms. The highest BCUT2D eigenvalue weighted by Crippen LogP contribution is 2.48. The Hall–Kier alpha value is -3.45. The third-order valence-electron chi connectivity index (χ3n) is 7.40. The number of allylic oxidation sites excluding steroid dienone is 2. The highest BCUT2D eigenvalue weighted by atomic mass is 16.4. The molecular formula is C32H45NO6. The van der Waals surface area contributed by atoms with Gasteiger partial charge in [-0.1, -0.05) is 94.8 Å². The summed E-state index contributed by atoms with van der Waals surface area (Å²) in [6, 6.07) is 16.5. The third kappa shape index (κ3) is 8.52. The van der Waals surface area contributed by atoms with Crippen molar-refractivity contribution in [1.82, 2.24) is 5.32 Å². The molecule has 2 aromatic carbocycles. The van der Waals surface area contributed by atoms with Gasteiger partial charge in [0.05, 0.1) is 0 Å². The largest absolute Gasteiger partial charge is 0.480 e. The molecule has 0 aliphatic heterocycles. The van der Waals surface area contributed by atoms with E-state index < -0.39 is 18.1 Å². The van der Waals surface area contributed by atoms with Crippen LogP contribution in [0, 0.1) is 23.7 Å². The lowest BCUT2D eigenvalue weighted by Crippen LogP contribution is -2.37. The third-order valence-corrected chi connectivity index (χ3v) is 7.40. The van der Waals surface area contributed by atoms with E-state index in [2.05, 4.69) is 74.5 Å². The highest BCUT2D eigenvalue weighted by molar-refractivity contribution is 5.79. The summed E-state index contributed by atoms with van der Waals surface area (Å²) in [5.74, 6) is 1.73. The van der Waals surface area contributed by atoms with E-state index in [-0.39, 0.29) is 0 Å². The summed E-state index contributed by atoms with van der Waals surface area (Å²) in [4.78, 5) is 30.4. The Kier molecular flexibility index (Phi) is 14.8. The van der Waals surface area contributed by atoms with Crippen molar-refractivity contribution in [1.29, 1.82) is 0 Å². The molecule has 7 nitrogen and oxygen atoms in total. The summed E-state index contributed by atoms with van der Waals surface area (Å²) >= 11 is 0.